The molecular weight excluding hydrogens is 284 g/mol. The zero-order chi connectivity index (χ0) is 16.3. The van der Waals surface area contributed by atoms with E-state index in [4.69, 9.17) is 0 Å². The molecule has 0 saturated heterocycles. The molecule has 0 radical (unpaired) electrons. The van der Waals surface area contributed by atoms with Crippen molar-refractivity contribution in [3.05, 3.63) is 35.4 Å². The van der Waals surface area contributed by atoms with Gasteiger partial charge in [-0.25, -0.2) is 12.7 Å². The minimum atomic E-state index is -3.13. The van der Waals surface area contributed by atoms with E-state index in [1.54, 1.807) is 14.1 Å². The van der Waals surface area contributed by atoms with Crippen molar-refractivity contribution in [2.75, 3.05) is 26.4 Å². The number of hydrogen-bond acceptors (Lipinski definition) is 3. The van der Waals surface area contributed by atoms with Crippen LogP contribution in [0.1, 0.15) is 44.9 Å². The van der Waals surface area contributed by atoms with Gasteiger partial charge in [0.05, 0.1) is 5.75 Å². The molecule has 5 heteroatoms. The zero-order valence-corrected chi connectivity index (χ0v) is 14.8. The highest BCUT2D eigenvalue weighted by Gasteiger charge is 2.15. The second-order valence-electron chi connectivity index (χ2n) is 6.65. The monoisotopic (exact) mass is 312 g/mol. The molecule has 1 aromatic rings. The Morgan fingerprint density at radius 3 is 2.10 bits per heavy atom. The predicted octanol–water partition coefficient (Wildman–Crippen LogP) is 2.53. The molecule has 21 heavy (non-hydrogen) atoms. The van der Waals surface area contributed by atoms with Crippen molar-refractivity contribution in [1.82, 2.24) is 9.62 Å². The van der Waals surface area contributed by atoms with E-state index in [0.29, 0.717) is 6.54 Å². The fourth-order valence-corrected chi connectivity index (χ4v) is 2.72. The molecule has 1 unspecified atom stereocenters. The molecule has 0 aromatic heterocycles. The van der Waals surface area contributed by atoms with Crippen LogP contribution in [0.4, 0.5) is 0 Å². The van der Waals surface area contributed by atoms with Crippen molar-refractivity contribution >= 4 is 10.0 Å². The average Bonchev–Trinajstić information content (AvgIpc) is 2.37. The van der Waals surface area contributed by atoms with Gasteiger partial charge in [-0.1, -0.05) is 45.0 Å². The molecule has 120 valence electrons. The summed E-state index contributed by atoms with van der Waals surface area (Å²) < 4.78 is 24.6. The molecule has 1 aromatic carbocycles. The minimum absolute atomic E-state index is 0.115. The minimum Gasteiger partial charge on any atom is -0.309 e. The fourth-order valence-electron chi connectivity index (χ4n) is 1.98. The van der Waals surface area contributed by atoms with Crippen LogP contribution in [0.15, 0.2) is 24.3 Å². The van der Waals surface area contributed by atoms with E-state index in [0.717, 1.165) is 0 Å². The van der Waals surface area contributed by atoms with Crippen LogP contribution < -0.4 is 5.32 Å². The first-order valence-corrected chi connectivity index (χ1v) is 8.89. The average molecular weight is 312 g/mol. The van der Waals surface area contributed by atoms with E-state index in [2.05, 4.69) is 50.4 Å². The molecule has 0 saturated carbocycles. The van der Waals surface area contributed by atoms with Crippen LogP contribution in [-0.2, 0) is 15.4 Å². The molecule has 0 aliphatic heterocycles. The zero-order valence-electron chi connectivity index (χ0n) is 14.0. The van der Waals surface area contributed by atoms with Gasteiger partial charge in [0.2, 0.25) is 10.0 Å². The summed E-state index contributed by atoms with van der Waals surface area (Å²) in [5.41, 5.74) is 2.62. The predicted molar refractivity (Wildman–Crippen MR) is 89.0 cm³/mol. The van der Waals surface area contributed by atoms with Gasteiger partial charge in [0, 0.05) is 26.7 Å². The van der Waals surface area contributed by atoms with Crippen LogP contribution in [0.25, 0.3) is 0 Å². The maximum Gasteiger partial charge on any atom is 0.214 e. The Morgan fingerprint density at radius 2 is 1.67 bits per heavy atom. The first kappa shape index (κ1) is 18.1. The summed E-state index contributed by atoms with van der Waals surface area (Å²) >= 11 is 0. The summed E-state index contributed by atoms with van der Waals surface area (Å²) in [5.74, 6) is 0.115. The lowest BCUT2D eigenvalue weighted by Gasteiger charge is -2.21. The Balaban J connectivity index is 2.59. The molecule has 0 amide bonds. The number of hydrogen-bond donors (Lipinski definition) is 1. The quantitative estimate of drug-likeness (QED) is 0.878. The Bertz CT molecular complexity index is 543. The molecule has 0 heterocycles. The summed E-state index contributed by atoms with van der Waals surface area (Å²) in [6, 6.07) is 8.64. The second-order valence-corrected chi connectivity index (χ2v) is 8.95. The lowest BCUT2D eigenvalue weighted by atomic mass is 9.86. The van der Waals surface area contributed by atoms with E-state index < -0.39 is 10.0 Å². The summed E-state index contributed by atoms with van der Waals surface area (Å²) in [6.07, 6.45) is 0. The molecule has 1 N–H and O–H groups in total. The topological polar surface area (TPSA) is 49.4 Å². The van der Waals surface area contributed by atoms with Gasteiger partial charge in [-0.15, -0.1) is 0 Å². The normalized spacial score (nSPS) is 14.4. The van der Waals surface area contributed by atoms with Gasteiger partial charge in [0.25, 0.3) is 0 Å². The van der Waals surface area contributed by atoms with E-state index in [-0.39, 0.29) is 17.2 Å². The summed E-state index contributed by atoms with van der Waals surface area (Å²) in [4.78, 5) is 0. The van der Waals surface area contributed by atoms with Crippen molar-refractivity contribution in [1.29, 1.82) is 0 Å². The van der Waals surface area contributed by atoms with Crippen molar-refractivity contribution < 1.29 is 8.42 Å². The molecule has 0 aliphatic carbocycles. The number of nitrogens with zero attached hydrogens (tertiary/aromatic N) is 1. The van der Waals surface area contributed by atoms with Crippen LogP contribution in [0.5, 0.6) is 0 Å². The van der Waals surface area contributed by atoms with Gasteiger partial charge < -0.3 is 5.32 Å². The number of nitrogens with one attached hydrogen (secondary N) is 1. The van der Waals surface area contributed by atoms with Crippen LogP contribution in [0.3, 0.4) is 0 Å². The first-order valence-electron chi connectivity index (χ1n) is 7.28. The van der Waals surface area contributed by atoms with Crippen molar-refractivity contribution in [3.8, 4) is 0 Å². The molecule has 0 bridgehead atoms. The standard InChI is InChI=1S/C16H28N2O2S/c1-13(17-11-12-21(19,20)18(5)6)14-7-9-15(10-8-14)16(2,3)4/h7-10,13,17H,11-12H2,1-6H3. The highest BCUT2D eigenvalue weighted by molar-refractivity contribution is 7.89. The molecule has 0 aliphatic rings. The first-order chi connectivity index (χ1) is 9.54. The van der Waals surface area contributed by atoms with Crippen LogP contribution in [0.2, 0.25) is 0 Å². The van der Waals surface area contributed by atoms with Crippen molar-refractivity contribution in [2.45, 2.75) is 39.2 Å². The molecule has 0 fully saturated rings. The van der Waals surface area contributed by atoms with Gasteiger partial charge >= 0.3 is 0 Å². The Kier molecular flexibility index (Phi) is 5.96. The number of rotatable bonds is 6. The summed E-state index contributed by atoms with van der Waals surface area (Å²) in [5, 5.41) is 3.26. The Hall–Kier alpha value is -0.910. The molecule has 1 atom stereocenters. The largest absolute Gasteiger partial charge is 0.309 e. The van der Waals surface area contributed by atoms with Crippen molar-refractivity contribution in [2.24, 2.45) is 0 Å². The molecule has 0 spiro atoms. The van der Waals surface area contributed by atoms with Gasteiger partial charge in [-0.05, 0) is 23.5 Å². The van der Waals surface area contributed by atoms with Crippen LogP contribution >= 0.6 is 0 Å². The maximum atomic E-state index is 11.7. The Labute approximate surface area is 129 Å². The number of benzene rings is 1. The van der Waals surface area contributed by atoms with Gasteiger partial charge in [-0.3, -0.25) is 0 Å². The second kappa shape index (κ2) is 6.90. The Morgan fingerprint density at radius 1 is 1.14 bits per heavy atom. The van der Waals surface area contributed by atoms with Crippen LogP contribution in [-0.4, -0.2) is 39.1 Å². The van der Waals surface area contributed by atoms with E-state index in [9.17, 15) is 8.42 Å². The van der Waals surface area contributed by atoms with Gasteiger partial charge in [-0.2, -0.15) is 0 Å². The van der Waals surface area contributed by atoms with Crippen LogP contribution in [0, 0.1) is 0 Å². The fraction of sp³-hybridized carbons (Fsp3) is 0.625. The third kappa shape index (κ3) is 5.41. The summed E-state index contributed by atoms with van der Waals surface area (Å²) in [6.45, 7) is 9.07. The third-order valence-electron chi connectivity index (χ3n) is 3.64. The lowest BCUT2D eigenvalue weighted by Crippen LogP contribution is -2.32. The van der Waals surface area contributed by atoms with Gasteiger partial charge in [0.1, 0.15) is 0 Å². The van der Waals surface area contributed by atoms with Gasteiger partial charge in [0.15, 0.2) is 0 Å². The van der Waals surface area contributed by atoms with Crippen molar-refractivity contribution in [3.63, 3.8) is 0 Å². The van der Waals surface area contributed by atoms with E-state index in [1.807, 2.05) is 6.92 Å². The summed E-state index contributed by atoms with van der Waals surface area (Å²) in [7, 11) is -0.0123. The lowest BCUT2D eigenvalue weighted by molar-refractivity contribution is 0.512. The van der Waals surface area contributed by atoms with E-state index in [1.165, 1.54) is 15.4 Å². The molecule has 1 rings (SSSR count). The number of sulfonamides is 1. The highest BCUT2D eigenvalue weighted by atomic mass is 32.2. The molecule has 4 nitrogen and oxygen atoms in total. The smallest absolute Gasteiger partial charge is 0.214 e. The molecular formula is C16H28N2O2S. The SMILES string of the molecule is CC(NCCS(=O)(=O)N(C)C)c1ccc(C(C)(C)C)cc1. The maximum absolute atomic E-state index is 11.7. The highest BCUT2D eigenvalue weighted by Crippen LogP contribution is 2.23. The third-order valence-corrected chi connectivity index (χ3v) is 5.48. The van der Waals surface area contributed by atoms with E-state index >= 15 is 0 Å².